The zero-order chi connectivity index (χ0) is 23.0. The third-order valence-corrected chi connectivity index (χ3v) is 5.29. The fourth-order valence-corrected chi connectivity index (χ4v) is 3.54. The summed E-state index contributed by atoms with van der Waals surface area (Å²) in [7, 11) is 3.26. The number of nitrogens with one attached hydrogen (secondary N) is 2. The van der Waals surface area contributed by atoms with E-state index in [0.717, 1.165) is 23.2 Å². The maximum atomic E-state index is 9.98. The number of carbonyl (C=O) groups excluding carboxylic acids is 1. The first-order valence-electron chi connectivity index (χ1n) is 10.0. The molecule has 1 aromatic heterocycles. The number of hydrogen-bond donors (Lipinski definition) is 5. The molecule has 1 saturated heterocycles. The lowest BCUT2D eigenvalue weighted by Crippen LogP contribution is -2.32. The molecule has 0 aliphatic carbocycles. The number of methoxy groups -OCH3 is 1. The first-order chi connectivity index (χ1) is 14.8. The molecular formula is C23H32N4O4. The van der Waals surface area contributed by atoms with E-state index in [2.05, 4.69) is 16.9 Å². The number of benzene rings is 1. The van der Waals surface area contributed by atoms with E-state index in [-0.39, 0.29) is 23.7 Å². The van der Waals surface area contributed by atoms with E-state index in [1.165, 1.54) is 6.08 Å². The molecule has 0 radical (unpaired) electrons. The van der Waals surface area contributed by atoms with E-state index < -0.39 is 0 Å². The van der Waals surface area contributed by atoms with Crippen molar-refractivity contribution < 1.29 is 19.4 Å². The van der Waals surface area contributed by atoms with Crippen LogP contribution >= 0.6 is 0 Å². The third-order valence-electron chi connectivity index (χ3n) is 5.29. The van der Waals surface area contributed by atoms with Gasteiger partial charge in [-0.3, -0.25) is 4.79 Å². The average Bonchev–Trinajstić information content (AvgIpc) is 3.07. The number of aromatic nitrogens is 1. The number of nitrogens with two attached hydrogens (primary N) is 2. The van der Waals surface area contributed by atoms with Gasteiger partial charge in [0.25, 0.3) is 0 Å². The van der Waals surface area contributed by atoms with Gasteiger partial charge in [-0.05, 0) is 43.2 Å². The van der Waals surface area contributed by atoms with Gasteiger partial charge in [0.2, 0.25) is 5.91 Å². The van der Waals surface area contributed by atoms with Gasteiger partial charge in [-0.15, -0.1) is 0 Å². The van der Waals surface area contributed by atoms with E-state index in [1.807, 2.05) is 13.0 Å². The Morgan fingerprint density at radius 3 is 2.71 bits per heavy atom. The Kier molecular flexibility index (Phi) is 8.72. The lowest BCUT2D eigenvalue weighted by Gasteiger charge is -2.30. The summed E-state index contributed by atoms with van der Waals surface area (Å²) in [5, 5.41) is 12.3. The number of aromatic hydroxyl groups is 1. The van der Waals surface area contributed by atoms with Gasteiger partial charge in [-0.1, -0.05) is 18.7 Å². The predicted octanol–water partition coefficient (Wildman–Crippen LogP) is 2.51. The highest BCUT2D eigenvalue weighted by molar-refractivity contribution is 5.86. The molecule has 2 unspecified atom stereocenters. The van der Waals surface area contributed by atoms with Crippen LogP contribution in [0.1, 0.15) is 34.7 Å². The van der Waals surface area contributed by atoms with Gasteiger partial charge in [-0.25, -0.2) is 0 Å². The molecule has 168 valence electrons. The largest absolute Gasteiger partial charge is 0.507 e. The number of likely N-dealkylation sites (N-methyl/N-ethyl adjacent to an activating group) is 1. The molecule has 8 heteroatoms. The molecule has 31 heavy (non-hydrogen) atoms. The van der Waals surface area contributed by atoms with E-state index >= 15 is 0 Å². The van der Waals surface area contributed by atoms with E-state index in [1.54, 1.807) is 38.4 Å². The molecule has 8 nitrogen and oxygen atoms in total. The topological polar surface area (TPSA) is 136 Å². The zero-order valence-corrected chi connectivity index (χ0v) is 18.3. The Labute approximate surface area is 182 Å². The Hall–Kier alpha value is -3.23. The van der Waals surface area contributed by atoms with Crippen molar-refractivity contribution in [1.82, 2.24) is 10.3 Å². The molecule has 2 heterocycles. The molecule has 1 amide bonds. The van der Waals surface area contributed by atoms with Crippen molar-refractivity contribution in [2.24, 2.45) is 5.73 Å². The Bertz CT molecular complexity index is 936. The van der Waals surface area contributed by atoms with Crippen molar-refractivity contribution in [3.63, 3.8) is 0 Å². The second-order valence-corrected chi connectivity index (χ2v) is 7.17. The SMILES string of the molecule is C=CC(=O)NC.COC1COCCC1c1[nH]c(N)c(/C=C(\N)c2ccccc2O)c1C. The van der Waals surface area contributed by atoms with Gasteiger partial charge < -0.3 is 36.3 Å². The summed E-state index contributed by atoms with van der Waals surface area (Å²) < 4.78 is 11.1. The molecule has 7 N–H and O–H groups in total. The number of aromatic amines is 1. The van der Waals surface area contributed by atoms with Gasteiger partial charge in [0.05, 0.1) is 12.7 Å². The second kappa shape index (κ2) is 11.2. The van der Waals surface area contributed by atoms with Crippen molar-refractivity contribution in [3.05, 3.63) is 59.3 Å². The zero-order valence-electron chi connectivity index (χ0n) is 18.3. The molecule has 2 atom stereocenters. The first kappa shape index (κ1) is 24.0. The quantitative estimate of drug-likeness (QED) is 0.464. The number of hydrogen-bond acceptors (Lipinski definition) is 6. The number of rotatable bonds is 5. The molecule has 1 aliphatic rings. The molecule has 2 aromatic rings. The normalized spacial score (nSPS) is 18.6. The minimum Gasteiger partial charge on any atom is -0.507 e. The Balaban J connectivity index is 0.000000501. The summed E-state index contributed by atoms with van der Waals surface area (Å²) in [5.41, 5.74) is 16.4. The summed E-state index contributed by atoms with van der Waals surface area (Å²) in [6.45, 7) is 6.52. The summed E-state index contributed by atoms with van der Waals surface area (Å²) in [6, 6.07) is 6.98. The average molecular weight is 429 g/mol. The van der Waals surface area contributed by atoms with Crippen LogP contribution in [-0.4, -0.2) is 49.5 Å². The lowest BCUT2D eigenvalue weighted by molar-refractivity contribution is -0.116. The molecule has 1 aromatic carbocycles. The van der Waals surface area contributed by atoms with Crippen LogP contribution in [-0.2, 0) is 14.3 Å². The van der Waals surface area contributed by atoms with Crippen molar-refractivity contribution in [1.29, 1.82) is 0 Å². The lowest BCUT2D eigenvalue weighted by atomic mass is 9.90. The standard InChI is InChI=1S/C19H25N3O3.C4H7NO/c1-11-14(9-15(20)12-5-3-4-6-16(12)23)19(21)22-18(11)13-7-8-25-10-17(13)24-2;1-3-4(6)5-2/h3-6,9,13,17,22-23H,7-8,10,20-21H2,1-2H3;3H,1H2,2H3,(H,5,6)/b15-9-;. The van der Waals surface area contributed by atoms with Gasteiger partial charge >= 0.3 is 0 Å². The summed E-state index contributed by atoms with van der Waals surface area (Å²) in [4.78, 5) is 13.2. The third kappa shape index (κ3) is 5.90. The monoisotopic (exact) mass is 428 g/mol. The van der Waals surface area contributed by atoms with Crippen molar-refractivity contribution >= 4 is 23.5 Å². The number of phenolic OH excluding ortho intramolecular Hbond substituents is 1. The highest BCUT2D eigenvalue weighted by Gasteiger charge is 2.30. The summed E-state index contributed by atoms with van der Waals surface area (Å²) >= 11 is 0. The van der Waals surface area contributed by atoms with Crippen molar-refractivity contribution in [2.75, 3.05) is 33.1 Å². The number of H-pyrrole nitrogens is 1. The Morgan fingerprint density at radius 2 is 2.13 bits per heavy atom. The Morgan fingerprint density at radius 1 is 1.42 bits per heavy atom. The highest BCUT2D eigenvalue weighted by atomic mass is 16.5. The number of phenols is 1. The number of amides is 1. The van der Waals surface area contributed by atoms with Gasteiger partial charge in [0, 0.05) is 49.2 Å². The van der Waals surface area contributed by atoms with Gasteiger partial charge in [0.1, 0.15) is 11.6 Å². The smallest absolute Gasteiger partial charge is 0.243 e. The molecule has 0 saturated carbocycles. The maximum absolute atomic E-state index is 9.98. The van der Waals surface area contributed by atoms with Crippen LogP contribution < -0.4 is 16.8 Å². The molecule has 0 spiro atoms. The van der Waals surface area contributed by atoms with Crippen LogP contribution in [0.4, 0.5) is 5.82 Å². The fraction of sp³-hybridized carbons (Fsp3) is 0.348. The molecule has 3 rings (SSSR count). The molecule has 1 aliphatic heterocycles. The molecular weight excluding hydrogens is 396 g/mol. The van der Waals surface area contributed by atoms with E-state index in [4.69, 9.17) is 20.9 Å². The highest BCUT2D eigenvalue weighted by Crippen LogP contribution is 2.35. The molecule has 1 fully saturated rings. The predicted molar refractivity (Wildman–Crippen MR) is 123 cm³/mol. The first-order valence-corrected chi connectivity index (χ1v) is 10.0. The number of carbonyl (C=O) groups is 1. The van der Waals surface area contributed by atoms with Crippen LogP contribution in [0.2, 0.25) is 0 Å². The number of anilines is 1. The minimum atomic E-state index is -0.144. The number of nitrogen functional groups attached to an aromatic ring is 1. The number of ether oxygens (including phenoxy) is 2. The van der Waals surface area contributed by atoms with Crippen LogP contribution in [0.5, 0.6) is 5.75 Å². The van der Waals surface area contributed by atoms with Crippen LogP contribution in [0, 0.1) is 6.92 Å². The minimum absolute atomic E-state index is 0.00200. The van der Waals surface area contributed by atoms with Crippen LogP contribution in [0.3, 0.4) is 0 Å². The van der Waals surface area contributed by atoms with Gasteiger partial charge in [0.15, 0.2) is 0 Å². The molecule has 0 bridgehead atoms. The number of para-hydroxylation sites is 1. The summed E-state index contributed by atoms with van der Waals surface area (Å²) in [6.07, 6.45) is 3.90. The summed E-state index contributed by atoms with van der Waals surface area (Å²) in [5.74, 6) is 0.767. The van der Waals surface area contributed by atoms with Crippen LogP contribution in [0.25, 0.3) is 11.8 Å². The fourth-order valence-electron chi connectivity index (χ4n) is 3.54. The van der Waals surface area contributed by atoms with Crippen molar-refractivity contribution in [3.8, 4) is 5.75 Å². The van der Waals surface area contributed by atoms with E-state index in [9.17, 15) is 9.90 Å². The second-order valence-electron chi connectivity index (χ2n) is 7.17. The van der Waals surface area contributed by atoms with Crippen molar-refractivity contribution in [2.45, 2.75) is 25.4 Å². The van der Waals surface area contributed by atoms with E-state index in [0.29, 0.717) is 30.3 Å². The van der Waals surface area contributed by atoms with Gasteiger partial charge in [-0.2, -0.15) is 0 Å². The van der Waals surface area contributed by atoms with Crippen LogP contribution in [0.15, 0.2) is 36.9 Å². The maximum Gasteiger partial charge on any atom is 0.243 e.